The summed E-state index contributed by atoms with van der Waals surface area (Å²) in [4.78, 5) is 40.6. The molecule has 0 unspecified atom stereocenters. The smallest absolute Gasteiger partial charge is 0.348 e. The lowest BCUT2D eigenvalue weighted by Crippen LogP contribution is -2.30. The number of nitrogens with zero attached hydrogens (tertiary/aromatic N) is 2. The number of carbonyl (C=O) groups excluding carboxylic acids is 2. The van der Waals surface area contributed by atoms with E-state index >= 15 is 0 Å². The number of rotatable bonds is 8. The Morgan fingerprint density at radius 3 is 2.83 bits per heavy atom. The van der Waals surface area contributed by atoms with E-state index < -0.39 is 0 Å². The van der Waals surface area contributed by atoms with Crippen molar-refractivity contribution in [3.63, 3.8) is 0 Å². The maximum Gasteiger partial charge on any atom is 0.348 e. The number of amides is 1. The van der Waals surface area contributed by atoms with E-state index in [0.717, 1.165) is 36.9 Å². The molecule has 29 heavy (non-hydrogen) atoms. The van der Waals surface area contributed by atoms with Gasteiger partial charge in [-0.2, -0.15) is 4.98 Å². The molecule has 1 aliphatic carbocycles. The lowest BCUT2D eigenvalue weighted by Gasteiger charge is -2.22. The molecule has 1 heterocycles. The molecule has 0 fully saturated rings. The number of benzene rings is 1. The number of aliphatic hydroxyl groups is 1. The number of nitrogens with one attached hydrogen (secondary N) is 1. The SMILES string of the molecule is CC(=O)c1cccc(NC(=O)CSc2nc(=O)n(CCCO)c3c2CCCC3)c1. The summed E-state index contributed by atoms with van der Waals surface area (Å²) in [6.07, 6.45) is 4.22. The second-order valence-corrected chi connectivity index (χ2v) is 8.00. The summed E-state index contributed by atoms with van der Waals surface area (Å²) in [6.45, 7) is 1.97. The van der Waals surface area contributed by atoms with Gasteiger partial charge in [-0.25, -0.2) is 4.79 Å². The molecular weight excluding hydrogens is 390 g/mol. The van der Waals surface area contributed by atoms with Crippen LogP contribution in [-0.2, 0) is 24.2 Å². The molecule has 8 heteroatoms. The van der Waals surface area contributed by atoms with E-state index in [1.165, 1.54) is 18.7 Å². The van der Waals surface area contributed by atoms with Gasteiger partial charge in [-0.05, 0) is 51.2 Å². The molecule has 1 aliphatic rings. The minimum atomic E-state index is -0.323. The van der Waals surface area contributed by atoms with Crippen LogP contribution in [0.2, 0.25) is 0 Å². The van der Waals surface area contributed by atoms with E-state index in [4.69, 9.17) is 5.11 Å². The van der Waals surface area contributed by atoms with Gasteiger partial charge in [-0.15, -0.1) is 0 Å². The summed E-state index contributed by atoms with van der Waals surface area (Å²) in [5.41, 5.74) is 2.82. The number of anilines is 1. The van der Waals surface area contributed by atoms with E-state index in [0.29, 0.717) is 29.2 Å². The zero-order valence-corrected chi connectivity index (χ0v) is 17.3. The van der Waals surface area contributed by atoms with Crippen LogP contribution in [0.3, 0.4) is 0 Å². The van der Waals surface area contributed by atoms with Crippen molar-refractivity contribution in [2.45, 2.75) is 50.6 Å². The highest BCUT2D eigenvalue weighted by Crippen LogP contribution is 2.28. The molecule has 7 nitrogen and oxygen atoms in total. The number of aromatic nitrogens is 2. The van der Waals surface area contributed by atoms with Crippen molar-refractivity contribution in [3.05, 3.63) is 51.6 Å². The van der Waals surface area contributed by atoms with Crippen molar-refractivity contribution in [3.8, 4) is 0 Å². The van der Waals surface area contributed by atoms with Crippen LogP contribution >= 0.6 is 11.8 Å². The fourth-order valence-corrected chi connectivity index (χ4v) is 4.35. The molecule has 0 bridgehead atoms. The van der Waals surface area contributed by atoms with Crippen molar-refractivity contribution >= 4 is 29.1 Å². The van der Waals surface area contributed by atoms with E-state index in [2.05, 4.69) is 10.3 Å². The first-order valence-corrected chi connectivity index (χ1v) is 10.7. The summed E-state index contributed by atoms with van der Waals surface area (Å²) >= 11 is 1.27. The monoisotopic (exact) mass is 415 g/mol. The standard InChI is InChI=1S/C21H25N3O4S/c1-14(26)15-6-4-7-16(12-15)22-19(27)13-29-20-17-8-2-3-9-18(17)24(10-5-11-25)21(28)23-20/h4,6-7,12,25H,2-3,5,8-11,13H2,1H3,(H,22,27). The maximum absolute atomic E-state index is 12.5. The molecule has 0 saturated carbocycles. The number of ketones is 1. The van der Waals surface area contributed by atoms with Gasteiger partial charge in [0.2, 0.25) is 5.91 Å². The summed E-state index contributed by atoms with van der Waals surface area (Å²) < 4.78 is 1.67. The van der Waals surface area contributed by atoms with Gasteiger partial charge in [0.1, 0.15) is 5.03 Å². The summed E-state index contributed by atoms with van der Waals surface area (Å²) in [5.74, 6) is -0.149. The van der Waals surface area contributed by atoms with Crippen LogP contribution in [0.25, 0.3) is 0 Å². The Morgan fingerprint density at radius 2 is 2.07 bits per heavy atom. The number of thioether (sulfide) groups is 1. The molecule has 0 saturated heterocycles. The quantitative estimate of drug-likeness (QED) is 0.390. The lowest BCUT2D eigenvalue weighted by atomic mass is 9.97. The fraction of sp³-hybridized carbons (Fsp3) is 0.429. The maximum atomic E-state index is 12.5. The fourth-order valence-electron chi connectivity index (χ4n) is 3.47. The van der Waals surface area contributed by atoms with Crippen LogP contribution in [0.1, 0.15) is 47.8 Å². The van der Waals surface area contributed by atoms with Crippen LogP contribution in [0.5, 0.6) is 0 Å². The highest BCUT2D eigenvalue weighted by molar-refractivity contribution is 8.00. The molecule has 1 aromatic heterocycles. The first kappa shape index (κ1) is 21.3. The van der Waals surface area contributed by atoms with Gasteiger partial charge in [-0.3, -0.25) is 14.2 Å². The first-order valence-electron chi connectivity index (χ1n) is 9.76. The van der Waals surface area contributed by atoms with Crippen LogP contribution in [-0.4, -0.2) is 38.7 Å². The number of fused-ring (bicyclic) bond motifs is 1. The van der Waals surface area contributed by atoms with E-state index in [1.807, 2.05) is 0 Å². The summed E-state index contributed by atoms with van der Waals surface area (Å²) in [7, 11) is 0. The third-order valence-electron chi connectivity index (χ3n) is 4.88. The molecule has 1 amide bonds. The van der Waals surface area contributed by atoms with Crippen LogP contribution in [0.15, 0.2) is 34.1 Å². The van der Waals surface area contributed by atoms with Gasteiger partial charge in [0.25, 0.3) is 0 Å². The summed E-state index contributed by atoms with van der Waals surface area (Å²) in [5, 5.41) is 12.5. The van der Waals surface area contributed by atoms with Crippen molar-refractivity contribution in [2.24, 2.45) is 0 Å². The molecule has 154 valence electrons. The molecule has 3 rings (SSSR count). The van der Waals surface area contributed by atoms with Crippen LogP contribution in [0.4, 0.5) is 5.69 Å². The van der Waals surface area contributed by atoms with E-state index in [-0.39, 0.29) is 29.7 Å². The molecule has 2 aromatic rings. The average Bonchev–Trinajstić information content (AvgIpc) is 2.71. The topological polar surface area (TPSA) is 101 Å². The molecule has 2 N–H and O–H groups in total. The van der Waals surface area contributed by atoms with Crippen molar-refractivity contribution < 1.29 is 14.7 Å². The Labute approximate surface area is 173 Å². The molecule has 1 aromatic carbocycles. The average molecular weight is 416 g/mol. The Hall–Kier alpha value is -2.45. The van der Waals surface area contributed by atoms with Crippen LogP contribution < -0.4 is 11.0 Å². The molecular formula is C21H25N3O4S. The van der Waals surface area contributed by atoms with Gasteiger partial charge in [0, 0.05) is 35.7 Å². The van der Waals surface area contributed by atoms with Gasteiger partial charge in [-0.1, -0.05) is 23.9 Å². The third-order valence-corrected chi connectivity index (χ3v) is 5.90. The number of aliphatic hydroxyl groups excluding tert-OH is 1. The minimum Gasteiger partial charge on any atom is -0.396 e. The van der Waals surface area contributed by atoms with Gasteiger partial charge < -0.3 is 10.4 Å². The van der Waals surface area contributed by atoms with E-state index in [1.54, 1.807) is 28.8 Å². The lowest BCUT2D eigenvalue weighted by molar-refractivity contribution is -0.113. The Balaban J connectivity index is 1.72. The number of carbonyl (C=O) groups is 2. The minimum absolute atomic E-state index is 0.0305. The second kappa shape index (κ2) is 9.84. The Morgan fingerprint density at radius 1 is 1.28 bits per heavy atom. The summed E-state index contributed by atoms with van der Waals surface area (Å²) in [6, 6.07) is 6.81. The number of hydrogen-bond donors (Lipinski definition) is 2. The van der Waals surface area contributed by atoms with Crippen molar-refractivity contribution in [2.75, 3.05) is 17.7 Å². The normalized spacial score (nSPS) is 13.0. The van der Waals surface area contributed by atoms with Crippen molar-refractivity contribution in [1.82, 2.24) is 9.55 Å². The molecule has 0 atom stereocenters. The van der Waals surface area contributed by atoms with Gasteiger partial charge in [0.15, 0.2) is 5.78 Å². The number of Topliss-reactive ketones (excluding diaryl/α,β-unsaturated/α-hetero) is 1. The predicted octanol–water partition coefficient (Wildman–Crippen LogP) is 2.44. The zero-order valence-electron chi connectivity index (χ0n) is 16.4. The predicted molar refractivity (Wildman–Crippen MR) is 113 cm³/mol. The number of hydrogen-bond acceptors (Lipinski definition) is 6. The highest BCUT2D eigenvalue weighted by Gasteiger charge is 2.21. The third kappa shape index (κ3) is 5.33. The van der Waals surface area contributed by atoms with Crippen molar-refractivity contribution in [1.29, 1.82) is 0 Å². The first-order chi connectivity index (χ1) is 14.0. The largest absolute Gasteiger partial charge is 0.396 e. The Bertz CT molecular complexity index is 971. The van der Waals surface area contributed by atoms with Gasteiger partial charge in [0.05, 0.1) is 5.75 Å². The van der Waals surface area contributed by atoms with E-state index in [9.17, 15) is 14.4 Å². The molecule has 0 aliphatic heterocycles. The van der Waals surface area contributed by atoms with Gasteiger partial charge >= 0.3 is 5.69 Å². The molecule has 0 radical (unpaired) electrons. The van der Waals surface area contributed by atoms with Crippen LogP contribution in [0, 0.1) is 0 Å². The zero-order chi connectivity index (χ0) is 20.8. The second-order valence-electron chi connectivity index (χ2n) is 7.03. The molecule has 0 spiro atoms. The Kier molecular flexibility index (Phi) is 7.22. The highest BCUT2D eigenvalue weighted by atomic mass is 32.2.